The average Bonchev–Trinajstić information content (AvgIpc) is 2.97. The number of H-pyrrole nitrogens is 1. The molecule has 4 rings (SSSR count). The van der Waals surface area contributed by atoms with E-state index in [9.17, 15) is 27.9 Å². The maximum atomic E-state index is 12.7. The van der Waals surface area contributed by atoms with Gasteiger partial charge in [0.2, 0.25) is 0 Å². The molecule has 1 atom stereocenters. The van der Waals surface area contributed by atoms with Gasteiger partial charge in [-0.3, -0.25) is 9.59 Å². The fraction of sp³-hybridized carbons (Fsp3) is 0.300. The first-order chi connectivity index (χ1) is 14.1. The Morgan fingerprint density at radius 3 is 2.87 bits per heavy atom. The van der Waals surface area contributed by atoms with E-state index >= 15 is 0 Å². The van der Waals surface area contributed by atoms with E-state index in [1.165, 1.54) is 23.5 Å². The number of pyridine rings is 1. The van der Waals surface area contributed by atoms with Crippen molar-refractivity contribution >= 4 is 33.1 Å². The van der Waals surface area contributed by atoms with Gasteiger partial charge in [-0.2, -0.15) is 0 Å². The molecule has 6 nitrogen and oxygen atoms in total. The summed E-state index contributed by atoms with van der Waals surface area (Å²) in [6.07, 6.45) is -2.37. The summed E-state index contributed by atoms with van der Waals surface area (Å²) in [6.45, 7) is 2.13. The Hall–Kier alpha value is -3.01. The average molecular weight is 438 g/mol. The van der Waals surface area contributed by atoms with Gasteiger partial charge in [0.25, 0.3) is 11.5 Å². The van der Waals surface area contributed by atoms with E-state index < -0.39 is 34.9 Å². The van der Waals surface area contributed by atoms with Crippen LogP contribution >= 0.6 is 11.3 Å². The molecule has 2 aromatic heterocycles. The zero-order valence-corrected chi connectivity index (χ0v) is 16.5. The molecule has 0 fully saturated rings. The van der Waals surface area contributed by atoms with Crippen molar-refractivity contribution in [1.29, 1.82) is 0 Å². The molecule has 30 heavy (non-hydrogen) atoms. The normalized spacial score (nSPS) is 16.3. The number of alkyl halides is 3. The van der Waals surface area contributed by atoms with Gasteiger partial charge >= 0.3 is 6.36 Å². The van der Waals surface area contributed by atoms with Crippen LogP contribution in [-0.2, 0) is 12.8 Å². The van der Waals surface area contributed by atoms with Crippen molar-refractivity contribution < 1.29 is 27.8 Å². The SMILES string of the molecule is C[C@@H]1CCc2c(sc3[nH]c(=O)c(C(=O)Nc4cccc(OC(F)(F)F)c4)c(O)c23)C1. The molecule has 1 amide bonds. The van der Waals surface area contributed by atoms with Crippen molar-refractivity contribution in [2.45, 2.75) is 32.5 Å². The summed E-state index contributed by atoms with van der Waals surface area (Å²) < 4.78 is 41.0. The fourth-order valence-electron chi connectivity index (χ4n) is 3.66. The molecule has 158 valence electrons. The molecular formula is C20H17F3N2O4S. The number of aromatic nitrogens is 1. The minimum Gasteiger partial charge on any atom is -0.506 e. The zero-order chi connectivity index (χ0) is 21.6. The quantitative estimate of drug-likeness (QED) is 0.559. The number of ether oxygens (including phenoxy) is 1. The number of nitrogens with one attached hydrogen (secondary N) is 2. The summed E-state index contributed by atoms with van der Waals surface area (Å²) >= 11 is 1.39. The second kappa shape index (κ2) is 7.35. The van der Waals surface area contributed by atoms with Crippen LogP contribution in [0.3, 0.4) is 0 Å². The lowest BCUT2D eigenvalue weighted by molar-refractivity contribution is -0.274. The Labute approximate surface area is 172 Å². The summed E-state index contributed by atoms with van der Waals surface area (Å²) in [5.74, 6) is -1.37. The number of benzene rings is 1. The number of halogens is 3. The highest BCUT2D eigenvalue weighted by molar-refractivity contribution is 7.18. The molecule has 0 unspecified atom stereocenters. The number of carbonyl (C=O) groups excluding carboxylic acids is 1. The van der Waals surface area contributed by atoms with Crippen LogP contribution in [0.25, 0.3) is 10.2 Å². The van der Waals surface area contributed by atoms with Gasteiger partial charge in [-0.15, -0.1) is 24.5 Å². The van der Waals surface area contributed by atoms with Crippen LogP contribution < -0.4 is 15.6 Å². The van der Waals surface area contributed by atoms with Gasteiger partial charge in [-0.05, 0) is 42.9 Å². The number of hydrogen-bond acceptors (Lipinski definition) is 5. The largest absolute Gasteiger partial charge is 0.573 e. The van der Waals surface area contributed by atoms with Gasteiger partial charge in [0.15, 0.2) is 0 Å². The third-order valence-electron chi connectivity index (χ3n) is 4.99. The first-order valence-electron chi connectivity index (χ1n) is 9.19. The Morgan fingerprint density at radius 2 is 2.13 bits per heavy atom. The van der Waals surface area contributed by atoms with Crippen molar-refractivity contribution in [1.82, 2.24) is 4.98 Å². The van der Waals surface area contributed by atoms with Gasteiger partial charge in [0.1, 0.15) is 21.9 Å². The molecular weight excluding hydrogens is 421 g/mol. The molecule has 0 spiro atoms. The first-order valence-corrected chi connectivity index (χ1v) is 10.0. The highest BCUT2D eigenvalue weighted by Gasteiger charge is 2.31. The highest BCUT2D eigenvalue weighted by atomic mass is 32.1. The summed E-state index contributed by atoms with van der Waals surface area (Å²) in [6, 6.07) is 4.67. The molecule has 1 aliphatic rings. The zero-order valence-electron chi connectivity index (χ0n) is 15.7. The van der Waals surface area contributed by atoms with Crippen LogP contribution in [0.2, 0.25) is 0 Å². The lowest BCUT2D eigenvalue weighted by Gasteiger charge is -2.18. The molecule has 1 aromatic carbocycles. The Bertz CT molecular complexity index is 1200. The van der Waals surface area contributed by atoms with E-state index in [1.807, 2.05) is 0 Å². The Balaban J connectivity index is 1.69. The number of aryl methyl sites for hydroxylation is 1. The molecule has 2 heterocycles. The van der Waals surface area contributed by atoms with Crippen molar-refractivity contribution in [3.05, 3.63) is 50.6 Å². The van der Waals surface area contributed by atoms with Crippen LogP contribution in [0.15, 0.2) is 29.1 Å². The van der Waals surface area contributed by atoms with Crippen molar-refractivity contribution in [2.24, 2.45) is 5.92 Å². The number of aromatic hydroxyl groups is 1. The van der Waals surface area contributed by atoms with Gasteiger partial charge < -0.3 is 20.1 Å². The maximum absolute atomic E-state index is 12.7. The number of thiophene rings is 1. The van der Waals surface area contributed by atoms with E-state index in [2.05, 4.69) is 22.0 Å². The predicted molar refractivity (Wildman–Crippen MR) is 106 cm³/mol. The van der Waals surface area contributed by atoms with E-state index in [4.69, 9.17) is 0 Å². The molecule has 1 aliphatic carbocycles. The molecule has 0 saturated carbocycles. The van der Waals surface area contributed by atoms with Crippen LogP contribution in [0.4, 0.5) is 18.9 Å². The van der Waals surface area contributed by atoms with Crippen LogP contribution in [0.1, 0.15) is 34.1 Å². The summed E-state index contributed by atoms with van der Waals surface area (Å²) in [5, 5.41) is 13.6. The minimum atomic E-state index is -4.88. The third kappa shape index (κ3) is 3.87. The molecule has 0 bridgehead atoms. The van der Waals surface area contributed by atoms with E-state index in [1.54, 1.807) is 0 Å². The topological polar surface area (TPSA) is 91.4 Å². The second-order valence-corrected chi connectivity index (χ2v) is 8.37. The lowest BCUT2D eigenvalue weighted by atomic mass is 9.89. The predicted octanol–water partition coefficient (Wildman–Crippen LogP) is 4.57. The van der Waals surface area contributed by atoms with E-state index in [0.29, 0.717) is 16.1 Å². The van der Waals surface area contributed by atoms with Crippen LogP contribution in [-0.4, -0.2) is 22.4 Å². The molecule has 0 aliphatic heterocycles. The molecule has 0 saturated heterocycles. The van der Waals surface area contributed by atoms with Crippen molar-refractivity contribution in [3.8, 4) is 11.5 Å². The summed E-state index contributed by atoms with van der Waals surface area (Å²) in [5.41, 5.74) is -0.339. The van der Waals surface area contributed by atoms with Crippen molar-refractivity contribution in [3.63, 3.8) is 0 Å². The number of fused-ring (bicyclic) bond motifs is 3. The number of rotatable bonds is 3. The number of hydrogen-bond donors (Lipinski definition) is 3. The molecule has 3 aromatic rings. The highest BCUT2D eigenvalue weighted by Crippen LogP contribution is 2.41. The van der Waals surface area contributed by atoms with E-state index in [-0.39, 0.29) is 5.69 Å². The number of amides is 1. The number of anilines is 1. The summed E-state index contributed by atoms with van der Waals surface area (Å²) in [7, 11) is 0. The van der Waals surface area contributed by atoms with Crippen LogP contribution in [0.5, 0.6) is 11.5 Å². The third-order valence-corrected chi connectivity index (χ3v) is 6.16. The Kier molecular flexibility index (Phi) is 4.97. The van der Waals surface area contributed by atoms with Crippen molar-refractivity contribution in [2.75, 3.05) is 5.32 Å². The maximum Gasteiger partial charge on any atom is 0.573 e. The standard InChI is InChI=1S/C20H17F3N2O4S/c1-9-5-6-12-13(7-9)30-19-14(12)16(26)15(18(28)25-19)17(27)24-10-3-2-4-11(8-10)29-20(21,22)23/h2-4,8-9H,5-7H2,1H3,(H,24,27)(H2,25,26,28)/t9-/m1/s1. The van der Waals surface area contributed by atoms with Gasteiger partial charge in [0, 0.05) is 16.6 Å². The number of aromatic amines is 1. The Morgan fingerprint density at radius 1 is 1.37 bits per heavy atom. The first kappa shape index (κ1) is 20.3. The monoisotopic (exact) mass is 438 g/mol. The molecule has 10 heteroatoms. The van der Waals surface area contributed by atoms with Gasteiger partial charge in [0.05, 0.1) is 5.39 Å². The van der Waals surface area contributed by atoms with Crippen LogP contribution in [0, 0.1) is 5.92 Å². The summed E-state index contributed by atoms with van der Waals surface area (Å²) in [4.78, 5) is 29.4. The minimum absolute atomic E-state index is 0.0122. The fourth-order valence-corrected chi connectivity index (χ4v) is 5.07. The number of carbonyl (C=O) groups is 1. The smallest absolute Gasteiger partial charge is 0.506 e. The van der Waals surface area contributed by atoms with Gasteiger partial charge in [-0.25, -0.2) is 0 Å². The lowest BCUT2D eigenvalue weighted by Crippen LogP contribution is -2.23. The second-order valence-electron chi connectivity index (χ2n) is 7.26. The molecule has 0 radical (unpaired) electrons. The molecule has 3 N–H and O–H groups in total. The van der Waals surface area contributed by atoms with E-state index in [0.717, 1.165) is 41.8 Å². The van der Waals surface area contributed by atoms with Gasteiger partial charge in [-0.1, -0.05) is 13.0 Å².